The molecule has 0 aromatic heterocycles. The summed E-state index contributed by atoms with van der Waals surface area (Å²) in [5.74, 6) is 0.376. The zero-order chi connectivity index (χ0) is 12.4. The Hall–Kier alpha value is -1.55. The van der Waals surface area contributed by atoms with Crippen LogP contribution in [0.15, 0.2) is 28.8 Å². The zero-order valence-corrected chi connectivity index (χ0v) is 10.9. The lowest BCUT2D eigenvalue weighted by atomic mass is 10.0. The van der Waals surface area contributed by atoms with Gasteiger partial charge in [-0.05, 0) is 12.1 Å². The molecule has 17 heavy (non-hydrogen) atoms. The van der Waals surface area contributed by atoms with Gasteiger partial charge in [0.15, 0.2) is 0 Å². The standard InChI is InChI=1S/C13H11BrO3/c1-3-10-11(14)5-4-8-6-9(13(15)16-2)7-17-12(8)10/h3-6H,1,7H2,2H3. The highest BCUT2D eigenvalue weighted by Gasteiger charge is 2.20. The van der Waals surface area contributed by atoms with E-state index in [0.29, 0.717) is 5.57 Å². The van der Waals surface area contributed by atoms with Crippen molar-refractivity contribution in [2.45, 2.75) is 0 Å². The van der Waals surface area contributed by atoms with Gasteiger partial charge in [0.25, 0.3) is 0 Å². The van der Waals surface area contributed by atoms with Gasteiger partial charge in [-0.3, -0.25) is 0 Å². The van der Waals surface area contributed by atoms with Crippen LogP contribution >= 0.6 is 15.9 Å². The predicted molar refractivity (Wildman–Crippen MR) is 69.7 cm³/mol. The smallest absolute Gasteiger partial charge is 0.337 e. The van der Waals surface area contributed by atoms with Gasteiger partial charge in [0, 0.05) is 15.6 Å². The van der Waals surface area contributed by atoms with Crippen LogP contribution in [0.25, 0.3) is 12.2 Å². The molecular weight excluding hydrogens is 284 g/mol. The Morgan fingerprint density at radius 1 is 1.59 bits per heavy atom. The van der Waals surface area contributed by atoms with E-state index < -0.39 is 0 Å². The number of carbonyl (C=O) groups excluding carboxylic acids is 1. The lowest BCUT2D eigenvalue weighted by molar-refractivity contribution is -0.136. The minimum atomic E-state index is -0.362. The highest BCUT2D eigenvalue weighted by molar-refractivity contribution is 9.10. The monoisotopic (exact) mass is 294 g/mol. The summed E-state index contributed by atoms with van der Waals surface area (Å²) in [5.41, 5.74) is 2.26. The van der Waals surface area contributed by atoms with E-state index in [4.69, 9.17) is 4.74 Å². The molecule has 2 rings (SSSR count). The van der Waals surface area contributed by atoms with Gasteiger partial charge in [-0.2, -0.15) is 0 Å². The minimum absolute atomic E-state index is 0.219. The molecule has 1 aromatic rings. The average molecular weight is 295 g/mol. The van der Waals surface area contributed by atoms with Crippen molar-refractivity contribution in [2.24, 2.45) is 0 Å². The van der Waals surface area contributed by atoms with Crippen LogP contribution in [0.2, 0.25) is 0 Å². The molecule has 0 unspecified atom stereocenters. The molecule has 0 radical (unpaired) electrons. The van der Waals surface area contributed by atoms with Crippen LogP contribution in [0.5, 0.6) is 5.75 Å². The lowest BCUT2D eigenvalue weighted by Crippen LogP contribution is -2.16. The molecule has 3 nitrogen and oxygen atoms in total. The van der Waals surface area contributed by atoms with Crippen molar-refractivity contribution in [3.8, 4) is 5.75 Å². The number of esters is 1. The van der Waals surface area contributed by atoms with E-state index in [1.54, 1.807) is 12.2 Å². The summed E-state index contributed by atoms with van der Waals surface area (Å²) in [6, 6.07) is 3.78. The van der Waals surface area contributed by atoms with Gasteiger partial charge in [-0.15, -0.1) is 0 Å². The summed E-state index contributed by atoms with van der Waals surface area (Å²) in [6.07, 6.45) is 3.50. The van der Waals surface area contributed by atoms with Crippen LogP contribution in [0.1, 0.15) is 11.1 Å². The number of benzene rings is 1. The summed E-state index contributed by atoms with van der Waals surface area (Å²) in [6.45, 7) is 3.97. The van der Waals surface area contributed by atoms with E-state index in [9.17, 15) is 4.79 Å². The molecule has 0 saturated carbocycles. The van der Waals surface area contributed by atoms with Crippen molar-refractivity contribution in [2.75, 3.05) is 13.7 Å². The molecule has 1 aliphatic heterocycles. The topological polar surface area (TPSA) is 35.5 Å². The van der Waals surface area contributed by atoms with E-state index in [1.807, 2.05) is 12.1 Å². The summed E-state index contributed by atoms with van der Waals surface area (Å²) in [5, 5.41) is 0. The van der Waals surface area contributed by atoms with Gasteiger partial charge < -0.3 is 9.47 Å². The molecule has 0 atom stereocenters. The van der Waals surface area contributed by atoms with Gasteiger partial charge >= 0.3 is 5.97 Å². The van der Waals surface area contributed by atoms with Crippen LogP contribution in [-0.2, 0) is 9.53 Å². The molecular formula is C13H11BrO3. The number of methoxy groups -OCH3 is 1. The fraction of sp³-hybridized carbons (Fsp3) is 0.154. The third-order valence-corrected chi connectivity index (χ3v) is 3.22. The van der Waals surface area contributed by atoms with Crippen molar-refractivity contribution in [1.29, 1.82) is 0 Å². The number of fused-ring (bicyclic) bond motifs is 1. The fourth-order valence-corrected chi connectivity index (χ4v) is 2.16. The number of halogens is 1. The molecule has 0 N–H and O–H groups in total. The maximum Gasteiger partial charge on any atom is 0.337 e. The second kappa shape index (κ2) is 4.75. The number of ether oxygens (including phenoxy) is 2. The minimum Gasteiger partial charge on any atom is -0.487 e. The summed E-state index contributed by atoms with van der Waals surface area (Å²) >= 11 is 3.43. The Balaban J connectivity index is 2.50. The highest BCUT2D eigenvalue weighted by Crippen LogP contribution is 2.35. The molecule has 0 aliphatic carbocycles. The molecule has 0 fully saturated rings. The molecule has 1 heterocycles. The molecule has 0 bridgehead atoms. The van der Waals surface area contributed by atoms with E-state index in [1.165, 1.54) is 7.11 Å². The molecule has 0 spiro atoms. The predicted octanol–water partition coefficient (Wildman–Crippen LogP) is 3.04. The van der Waals surface area contributed by atoms with Gasteiger partial charge in [0.1, 0.15) is 12.4 Å². The van der Waals surface area contributed by atoms with Crippen molar-refractivity contribution in [3.05, 3.63) is 39.9 Å². The second-order valence-electron chi connectivity index (χ2n) is 3.53. The molecule has 1 aromatic carbocycles. The van der Waals surface area contributed by atoms with E-state index in [0.717, 1.165) is 21.3 Å². The Morgan fingerprint density at radius 2 is 2.35 bits per heavy atom. The van der Waals surface area contributed by atoms with Crippen molar-refractivity contribution >= 4 is 34.1 Å². The molecule has 88 valence electrons. The fourth-order valence-electron chi connectivity index (χ4n) is 1.69. The summed E-state index contributed by atoms with van der Waals surface area (Å²) < 4.78 is 11.2. The maximum absolute atomic E-state index is 11.4. The second-order valence-corrected chi connectivity index (χ2v) is 4.39. The molecule has 0 amide bonds. The van der Waals surface area contributed by atoms with Crippen LogP contribution in [-0.4, -0.2) is 19.7 Å². The number of carbonyl (C=O) groups is 1. The van der Waals surface area contributed by atoms with Crippen LogP contribution in [0, 0.1) is 0 Å². The molecule has 4 heteroatoms. The van der Waals surface area contributed by atoms with E-state index >= 15 is 0 Å². The Bertz CT molecular complexity index is 518. The first-order valence-corrected chi connectivity index (χ1v) is 5.83. The van der Waals surface area contributed by atoms with Gasteiger partial charge in [-0.25, -0.2) is 4.79 Å². The van der Waals surface area contributed by atoms with Crippen LogP contribution in [0.4, 0.5) is 0 Å². The van der Waals surface area contributed by atoms with E-state index in [-0.39, 0.29) is 12.6 Å². The van der Waals surface area contributed by atoms with Crippen molar-refractivity contribution in [3.63, 3.8) is 0 Å². The number of hydrogen-bond acceptors (Lipinski definition) is 3. The third-order valence-electron chi connectivity index (χ3n) is 2.53. The van der Waals surface area contributed by atoms with Crippen molar-refractivity contribution in [1.82, 2.24) is 0 Å². The van der Waals surface area contributed by atoms with Crippen LogP contribution < -0.4 is 4.74 Å². The highest BCUT2D eigenvalue weighted by atomic mass is 79.9. The number of hydrogen-bond donors (Lipinski definition) is 0. The maximum atomic E-state index is 11.4. The van der Waals surface area contributed by atoms with Gasteiger partial charge in [0.2, 0.25) is 0 Å². The molecule has 0 saturated heterocycles. The van der Waals surface area contributed by atoms with Gasteiger partial charge in [-0.1, -0.05) is 34.7 Å². The summed E-state index contributed by atoms with van der Waals surface area (Å²) in [7, 11) is 1.36. The van der Waals surface area contributed by atoms with Crippen LogP contribution in [0.3, 0.4) is 0 Å². The average Bonchev–Trinajstić information content (AvgIpc) is 2.37. The lowest BCUT2D eigenvalue weighted by Gasteiger charge is -2.19. The Kier molecular flexibility index (Phi) is 3.33. The summed E-state index contributed by atoms with van der Waals surface area (Å²) in [4.78, 5) is 11.4. The Labute approximate surface area is 108 Å². The first-order chi connectivity index (χ1) is 8.17. The SMILES string of the molecule is C=Cc1c(Br)ccc2c1OCC(C(=O)OC)=C2. The third kappa shape index (κ3) is 2.13. The largest absolute Gasteiger partial charge is 0.487 e. The first-order valence-electron chi connectivity index (χ1n) is 5.04. The van der Waals surface area contributed by atoms with Crippen molar-refractivity contribution < 1.29 is 14.3 Å². The van der Waals surface area contributed by atoms with Gasteiger partial charge in [0.05, 0.1) is 12.7 Å². The van der Waals surface area contributed by atoms with E-state index in [2.05, 4.69) is 27.2 Å². The Morgan fingerprint density at radius 3 is 3.00 bits per heavy atom. The quantitative estimate of drug-likeness (QED) is 0.787. The zero-order valence-electron chi connectivity index (χ0n) is 9.33. The molecule has 1 aliphatic rings. The normalized spacial score (nSPS) is 13.2. The first kappa shape index (κ1) is 11.9. The number of rotatable bonds is 2.